The standard InChI is InChI=1S/C22H21F3N4O3S/c1-14-5-3-10-27-19(14)20(31)28-21-29(12-4-11-26-15(2)30)18(13-33-21)16-6-8-17(9-7-16)32-22(23,24)25/h3,5-10,13H,4,11-12H2,1-2H3,(H,26,30). The highest BCUT2D eigenvalue weighted by atomic mass is 32.1. The van der Waals surface area contributed by atoms with Gasteiger partial charge in [0.05, 0.1) is 5.69 Å². The zero-order valence-corrected chi connectivity index (χ0v) is 18.7. The Morgan fingerprint density at radius 3 is 2.58 bits per heavy atom. The molecular formula is C22H21F3N4O3S. The molecule has 2 heterocycles. The molecule has 3 aromatic rings. The predicted octanol–water partition coefficient (Wildman–Crippen LogP) is 4.09. The van der Waals surface area contributed by atoms with Gasteiger partial charge in [-0.2, -0.15) is 4.99 Å². The molecule has 0 atom stereocenters. The SMILES string of the molecule is CC(=O)NCCCn1c(-c2ccc(OC(F)(F)F)cc2)csc1=NC(=O)c1ncccc1C. The number of amides is 2. The zero-order valence-electron chi connectivity index (χ0n) is 17.8. The smallest absolute Gasteiger partial charge is 0.406 e. The zero-order chi connectivity index (χ0) is 24.0. The van der Waals surface area contributed by atoms with E-state index in [4.69, 9.17) is 0 Å². The van der Waals surface area contributed by atoms with Crippen molar-refractivity contribution in [2.24, 2.45) is 4.99 Å². The van der Waals surface area contributed by atoms with Gasteiger partial charge in [-0.3, -0.25) is 14.6 Å². The summed E-state index contributed by atoms with van der Waals surface area (Å²) in [6.45, 7) is 4.03. The quantitative estimate of drug-likeness (QED) is 0.519. The second-order valence-corrected chi connectivity index (χ2v) is 7.89. The summed E-state index contributed by atoms with van der Waals surface area (Å²) in [5.41, 5.74) is 2.24. The first-order valence-corrected chi connectivity index (χ1v) is 10.8. The number of thiazole rings is 1. The summed E-state index contributed by atoms with van der Waals surface area (Å²) < 4.78 is 43.1. The predicted molar refractivity (Wildman–Crippen MR) is 117 cm³/mol. The number of halogens is 3. The first kappa shape index (κ1) is 24.2. The second kappa shape index (κ2) is 10.4. The Labute approximate surface area is 191 Å². The summed E-state index contributed by atoms with van der Waals surface area (Å²) in [7, 11) is 0. The van der Waals surface area contributed by atoms with E-state index in [0.717, 1.165) is 0 Å². The number of alkyl halides is 3. The molecule has 0 bridgehead atoms. The molecule has 11 heteroatoms. The number of hydrogen-bond donors (Lipinski definition) is 1. The van der Waals surface area contributed by atoms with E-state index < -0.39 is 12.3 Å². The summed E-state index contributed by atoms with van der Waals surface area (Å²) in [5.74, 6) is -0.980. The van der Waals surface area contributed by atoms with Gasteiger partial charge in [-0.25, -0.2) is 0 Å². The number of ether oxygens (including phenoxy) is 1. The molecule has 0 spiro atoms. The number of rotatable bonds is 7. The van der Waals surface area contributed by atoms with E-state index >= 15 is 0 Å². The van der Waals surface area contributed by atoms with Crippen molar-refractivity contribution >= 4 is 23.2 Å². The van der Waals surface area contributed by atoms with Crippen LogP contribution in [0.1, 0.15) is 29.4 Å². The van der Waals surface area contributed by atoms with E-state index in [1.807, 2.05) is 0 Å². The van der Waals surface area contributed by atoms with Crippen LogP contribution >= 0.6 is 11.3 Å². The summed E-state index contributed by atoms with van der Waals surface area (Å²) in [5, 5.41) is 4.48. The average molecular weight is 478 g/mol. The minimum Gasteiger partial charge on any atom is -0.406 e. The average Bonchev–Trinajstić information content (AvgIpc) is 3.13. The summed E-state index contributed by atoms with van der Waals surface area (Å²) in [6, 6.07) is 8.94. The van der Waals surface area contributed by atoms with Crippen LogP contribution < -0.4 is 14.9 Å². The van der Waals surface area contributed by atoms with Crippen LogP contribution in [0.25, 0.3) is 11.3 Å². The van der Waals surface area contributed by atoms with Gasteiger partial charge in [0.15, 0.2) is 4.80 Å². The molecule has 2 aromatic heterocycles. The van der Waals surface area contributed by atoms with Crippen molar-refractivity contribution in [3.63, 3.8) is 0 Å². The first-order chi connectivity index (χ1) is 15.6. The molecular weight excluding hydrogens is 457 g/mol. The molecule has 174 valence electrons. The van der Waals surface area contributed by atoms with E-state index in [1.54, 1.807) is 29.0 Å². The van der Waals surface area contributed by atoms with Gasteiger partial charge in [-0.05, 0) is 54.8 Å². The lowest BCUT2D eigenvalue weighted by Gasteiger charge is -2.11. The molecule has 0 fully saturated rings. The molecule has 1 aromatic carbocycles. The molecule has 0 aliphatic rings. The van der Waals surface area contributed by atoms with Crippen LogP contribution in [0.3, 0.4) is 0 Å². The molecule has 0 saturated carbocycles. The fourth-order valence-corrected chi connectivity index (χ4v) is 3.98. The van der Waals surface area contributed by atoms with Crippen LogP contribution in [0.2, 0.25) is 0 Å². The normalized spacial score (nSPS) is 12.0. The lowest BCUT2D eigenvalue weighted by molar-refractivity contribution is -0.274. The third kappa shape index (κ3) is 6.75. The monoisotopic (exact) mass is 478 g/mol. The number of nitrogens with zero attached hydrogens (tertiary/aromatic N) is 3. The number of aryl methyl sites for hydroxylation is 1. The van der Waals surface area contributed by atoms with Crippen LogP contribution in [0, 0.1) is 6.92 Å². The van der Waals surface area contributed by atoms with E-state index in [9.17, 15) is 22.8 Å². The van der Waals surface area contributed by atoms with Gasteiger partial charge in [0.25, 0.3) is 5.91 Å². The third-order valence-corrected chi connectivity index (χ3v) is 5.39. The van der Waals surface area contributed by atoms with Gasteiger partial charge in [-0.15, -0.1) is 24.5 Å². The van der Waals surface area contributed by atoms with Crippen LogP contribution in [-0.2, 0) is 11.3 Å². The molecule has 7 nitrogen and oxygen atoms in total. The molecule has 2 amide bonds. The van der Waals surface area contributed by atoms with Crippen molar-refractivity contribution in [2.45, 2.75) is 33.2 Å². The Morgan fingerprint density at radius 1 is 1.21 bits per heavy atom. The van der Waals surface area contributed by atoms with Crippen LogP contribution in [0.4, 0.5) is 13.2 Å². The Kier molecular flexibility index (Phi) is 7.64. The summed E-state index contributed by atoms with van der Waals surface area (Å²) in [4.78, 5) is 32.6. The number of aromatic nitrogens is 2. The van der Waals surface area contributed by atoms with Gasteiger partial charge in [0.2, 0.25) is 5.91 Å². The van der Waals surface area contributed by atoms with Crippen LogP contribution in [0.5, 0.6) is 5.75 Å². The van der Waals surface area contributed by atoms with Gasteiger partial charge >= 0.3 is 6.36 Å². The van der Waals surface area contributed by atoms with E-state index in [1.165, 1.54) is 48.7 Å². The number of carbonyl (C=O) groups is 2. The lowest BCUT2D eigenvalue weighted by Crippen LogP contribution is -2.24. The fraction of sp³-hybridized carbons (Fsp3) is 0.273. The topological polar surface area (TPSA) is 85.6 Å². The minimum atomic E-state index is -4.77. The molecule has 33 heavy (non-hydrogen) atoms. The number of benzene rings is 1. The van der Waals surface area contributed by atoms with E-state index in [0.29, 0.717) is 41.1 Å². The highest BCUT2D eigenvalue weighted by molar-refractivity contribution is 7.07. The molecule has 0 saturated heterocycles. The molecule has 0 unspecified atom stereocenters. The van der Waals surface area contributed by atoms with E-state index in [-0.39, 0.29) is 17.4 Å². The van der Waals surface area contributed by atoms with Crippen molar-refractivity contribution in [1.29, 1.82) is 0 Å². The number of pyridine rings is 1. The molecule has 0 aliphatic carbocycles. The molecule has 0 aliphatic heterocycles. The van der Waals surface area contributed by atoms with Gasteiger partial charge in [0, 0.05) is 31.6 Å². The maximum Gasteiger partial charge on any atom is 0.573 e. The Hall–Kier alpha value is -3.47. The first-order valence-electron chi connectivity index (χ1n) is 9.93. The Balaban J connectivity index is 1.95. The van der Waals surface area contributed by atoms with Gasteiger partial charge in [-0.1, -0.05) is 6.07 Å². The van der Waals surface area contributed by atoms with E-state index in [2.05, 4.69) is 20.0 Å². The van der Waals surface area contributed by atoms with Crippen LogP contribution in [0.15, 0.2) is 53.0 Å². The highest BCUT2D eigenvalue weighted by Gasteiger charge is 2.31. The van der Waals surface area contributed by atoms with Crippen molar-refractivity contribution < 1.29 is 27.5 Å². The molecule has 1 N–H and O–H groups in total. The van der Waals surface area contributed by atoms with Gasteiger partial charge in [0.1, 0.15) is 11.4 Å². The highest BCUT2D eigenvalue weighted by Crippen LogP contribution is 2.27. The number of nitrogens with one attached hydrogen (secondary N) is 1. The Bertz CT molecular complexity index is 1200. The summed E-state index contributed by atoms with van der Waals surface area (Å²) in [6.07, 6.45) is -2.70. The lowest BCUT2D eigenvalue weighted by atomic mass is 10.1. The van der Waals surface area contributed by atoms with Gasteiger partial charge < -0.3 is 14.6 Å². The summed E-state index contributed by atoms with van der Waals surface area (Å²) >= 11 is 1.23. The maximum atomic E-state index is 12.7. The van der Waals surface area contributed by atoms with Crippen molar-refractivity contribution in [1.82, 2.24) is 14.9 Å². The third-order valence-electron chi connectivity index (χ3n) is 4.52. The molecule has 3 rings (SSSR count). The van der Waals surface area contributed by atoms with Crippen molar-refractivity contribution in [2.75, 3.05) is 6.54 Å². The molecule has 0 radical (unpaired) electrons. The number of hydrogen-bond acceptors (Lipinski definition) is 5. The minimum absolute atomic E-state index is 0.156. The largest absolute Gasteiger partial charge is 0.573 e. The maximum absolute atomic E-state index is 12.7. The second-order valence-electron chi connectivity index (χ2n) is 7.05. The van der Waals surface area contributed by atoms with Crippen LogP contribution in [-0.4, -0.2) is 34.3 Å². The Morgan fingerprint density at radius 2 is 1.94 bits per heavy atom. The number of carbonyl (C=O) groups excluding carboxylic acids is 2. The van der Waals surface area contributed by atoms with Crippen molar-refractivity contribution in [3.05, 3.63) is 64.0 Å². The van der Waals surface area contributed by atoms with Crippen molar-refractivity contribution in [3.8, 4) is 17.0 Å². The fourth-order valence-electron chi connectivity index (χ4n) is 3.04.